The zero-order chi connectivity index (χ0) is 15.1. The number of hydrogen-bond acceptors (Lipinski definition) is 2. The molecule has 2 rings (SSSR count). The first-order valence-electron chi connectivity index (χ1n) is 7.60. The van der Waals surface area contributed by atoms with Crippen LogP contribution in [0.15, 0.2) is 48.5 Å². The van der Waals surface area contributed by atoms with Gasteiger partial charge in [-0.05, 0) is 55.5 Å². The fraction of sp³-hybridized carbons (Fsp3) is 0.368. The van der Waals surface area contributed by atoms with Crippen molar-refractivity contribution in [3.05, 3.63) is 65.2 Å². The van der Waals surface area contributed by atoms with Gasteiger partial charge < -0.3 is 10.1 Å². The molecule has 0 aliphatic carbocycles. The second kappa shape index (κ2) is 7.84. The molecule has 0 spiro atoms. The average Bonchev–Trinajstić information content (AvgIpc) is 2.52. The van der Waals surface area contributed by atoms with Crippen molar-refractivity contribution in [2.45, 2.75) is 39.3 Å². The first-order chi connectivity index (χ1) is 10.2. The fourth-order valence-corrected chi connectivity index (χ4v) is 2.37. The molecule has 0 aromatic heterocycles. The Labute approximate surface area is 128 Å². The Morgan fingerprint density at radius 3 is 2.43 bits per heavy atom. The van der Waals surface area contributed by atoms with E-state index in [1.54, 1.807) is 7.11 Å². The number of aryl methyl sites for hydroxylation is 2. The standard InChI is InChI=1S/C19H25NO/c1-15-6-4-5-7-18(15)14-20-16(2)8-9-17-10-12-19(21-3)13-11-17/h4-7,10-13,16,20H,8-9,14H2,1-3H3. The van der Waals surface area contributed by atoms with E-state index in [1.807, 2.05) is 12.1 Å². The van der Waals surface area contributed by atoms with Gasteiger partial charge in [0.1, 0.15) is 5.75 Å². The zero-order valence-electron chi connectivity index (χ0n) is 13.2. The average molecular weight is 283 g/mol. The molecule has 0 saturated heterocycles. The van der Waals surface area contributed by atoms with E-state index in [0.717, 1.165) is 25.1 Å². The van der Waals surface area contributed by atoms with Gasteiger partial charge in [0.15, 0.2) is 0 Å². The predicted octanol–water partition coefficient (Wildman–Crippen LogP) is 4.11. The van der Waals surface area contributed by atoms with Crippen LogP contribution >= 0.6 is 0 Å². The van der Waals surface area contributed by atoms with Crippen molar-refractivity contribution >= 4 is 0 Å². The van der Waals surface area contributed by atoms with E-state index in [1.165, 1.54) is 16.7 Å². The molecule has 0 fully saturated rings. The number of nitrogens with one attached hydrogen (secondary N) is 1. The molecule has 0 aliphatic rings. The maximum absolute atomic E-state index is 5.18. The second-order valence-electron chi connectivity index (χ2n) is 5.60. The minimum absolute atomic E-state index is 0.506. The Hall–Kier alpha value is -1.80. The lowest BCUT2D eigenvalue weighted by molar-refractivity contribution is 0.414. The summed E-state index contributed by atoms with van der Waals surface area (Å²) < 4.78 is 5.18. The van der Waals surface area contributed by atoms with Crippen molar-refractivity contribution in [1.29, 1.82) is 0 Å². The summed E-state index contributed by atoms with van der Waals surface area (Å²) >= 11 is 0. The van der Waals surface area contributed by atoms with E-state index in [9.17, 15) is 0 Å². The predicted molar refractivity (Wildman–Crippen MR) is 88.8 cm³/mol. The van der Waals surface area contributed by atoms with Crippen LogP contribution in [-0.4, -0.2) is 13.2 Å². The normalized spacial score (nSPS) is 12.1. The van der Waals surface area contributed by atoms with Crippen LogP contribution in [0.1, 0.15) is 30.0 Å². The van der Waals surface area contributed by atoms with Gasteiger partial charge in [-0.1, -0.05) is 36.4 Å². The van der Waals surface area contributed by atoms with Crippen LogP contribution in [-0.2, 0) is 13.0 Å². The van der Waals surface area contributed by atoms with Crippen LogP contribution in [0.5, 0.6) is 5.75 Å². The van der Waals surface area contributed by atoms with Gasteiger partial charge in [-0.3, -0.25) is 0 Å². The third-order valence-electron chi connectivity index (χ3n) is 3.93. The van der Waals surface area contributed by atoms with Crippen molar-refractivity contribution in [1.82, 2.24) is 5.32 Å². The summed E-state index contributed by atoms with van der Waals surface area (Å²) in [6.07, 6.45) is 2.23. The Bertz CT molecular complexity index is 548. The van der Waals surface area contributed by atoms with Gasteiger partial charge in [-0.25, -0.2) is 0 Å². The summed E-state index contributed by atoms with van der Waals surface area (Å²) in [5.74, 6) is 0.921. The van der Waals surface area contributed by atoms with Crippen molar-refractivity contribution in [3.63, 3.8) is 0 Å². The van der Waals surface area contributed by atoms with Gasteiger partial charge >= 0.3 is 0 Å². The van der Waals surface area contributed by atoms with Gasteiger partial charge in [-0.2, -0.15) is 0 Å². The van der Waals surface area contributed by atoms with Crippen LogP contribution in [0.2, 0.25) is 0 Å². The lowest BCUT2D eigenvalue weighted by atomic mass is 10.0. The molecule has 0 amide bonds. The number of rotatable bonds is 7. The molecule has 1 unspecified atom stereocenters. The molecule has 1 atom stereocenters. The van der Waals surface area contributed by atoms with E-state index in [2.05, 4.69) is 55.6 Å². The Balaban J connectivity index is 1.76. The number of benzene rings is 2. The van der Waals surface area contributed by atoms with Gasteiger partial charge in [0.2, 0.25) is 0 Å². The van der Waals surface area contributed by atoms with E-state index < -0.39 is 0 Å². The molecule has 2 aromatic rings. The number of hydrogen-bond donors (Lipinski definition) is 1. The van der Waals surface area contributed by atoms with Crippen molar-refractivity contribution in [2.24, 2.45) is 0 Å². The molecule has 0 radical (unpaired) electrons. The maximum atomic E-state index is 5.18. The van der Waals surface area contributed by atoms with Gasteiger partial charge in [-0.15, -0.1) is 0 Å². The SMILES string of the molecule is COc1ccc(CCC(C)NCc2ccccc2C)cc1. The molecule has 0 bridgehead atoms. The van der Waals surface area contributed by atoms with E-state index in [-0.39, 0.29) is 0 Å². The molecular formula is C19H25NO. The monoisotopic (exact) mass is 283 g/mol. The zero-order valence-corrected chi connectivity index (χ0v) is 13.2. The van der Waals surface area contributed by atoms with Crippen LogP contribution in [0.3, 0.4) is 0 Å². The van der Waals surface area contributed by atoms with Gasteiger partial charge in [0.25, 0.3) is 0 Å². The largest absolute Gasteiger partial charge is 0.497 e. The quantitative estimate of drug-likeness (QED) is 0.825. The Kier molecular flexibility index (Phi) is 5.82. The van der Waals surface area contributed by atoms with Crippen LogP contribution in [0.25, 0.3) is 0 Å². The molecule has 2 heteroatoms. The highest BCUT2D eigenvalue weighted by molar-refractivity contribution is 5.27. The summed E-state index contributed by atoms with van der Waals surface area (Å²) in [5.41, 5.74) is 4.10. The highest BCUT2D eigenvalue weighted by Gasteiger charge is 2.04. The molecule has 112 valence electrons. The molecule has 0 saturated carbocycles. The minimum atomic E-state index is 0.506. The second-order valence-corrected chi connectivity index (χ2v) is 5.60. The lowest BCUT2D eigenvalue weighted by Crippen LogP contribution is -2.26. The highest BCUT2D eigenvalue weighted by atomic mass is 16.5. The summed E-state index contributed by atoms with van der Waals surface area (Å²) in [7, 11) is 1.70. The number of ether oxygens (including phenoxy) is 1. The number of methoxy groups -OCH3 is 1. The van der Waals surface area contributed by atoms with E-state index >= 15 is 0 Å². The van der Waals surface area contributed by atoms with E-state index in [0.29, 0.717) is 6.04 Å². The summed E-state index contributed by atoms with van der Waals surface area (Å²) in [6, 6.07) is 17.4. The van der Waals surface area contributed by atoms with Crippen LogP contribution in [0.4, 0.5) is 0 Å². The molecule has 21 heavy (non-hydrogen) atoms. The van der Waals surface area contributed by atoms with Gasteiger partial charge in [0.05, 0.1) is 7.11 Å². The van der Waals surface area contributed by atoms with Crippen molar-refractivity contribution in [2.75, 3.05) is 7.11 Å². The third-order valence-corrected chi connectivity index (χ3v) is 3.93. The lowest BCUT2D eigenvalue weighted by Gasteiger charge is -2.15. The summed E-state index contributed by atoms with van der Waals surface area (Å²) in [5, 5.41) is 3.61. The molecule has 0 aliphatic heterocycles. The molecule has 2 nitrogen and oxygen atoms in total. The van der Waals surface area contributed by atoms with Gasteiger partial charge in [0, 0.05) is 12.6 Å². The molecule has 2 aromatic carbocycles. The fourth-order valence-electron chi connectivity index (χ4n) is 2.37. The molecule has 1 N–H and O–H groups in total. The van der Waals surface area contributed by atoms with Crippen LogP contribution < -0.4 is 10.1 Å². The summed E-state index contributed by atoms with van der Waals surface area (Å²) in [6.45, 7) is 5.36. The first-order valence-corrected chi connectivity index (χ1v) is 7.60. The topological polar surface area (TPSA) is 21.3 Å². The third kappa shape index (κ3) is 4.91. The first kappa shape index (κ1) is 15.6. The Morgan fingerprint density at radius 2 is 1.76 bits per heavy atom. The van der Waals surface area contributed by atoms with E-state index in [4.69, 9.17) is 4.74 Å². The molecule has 0 heterocycles. The minimum Gasteiger partial charge on any atom is -0.497 e. The van der Waals surface area contributed by atoms with Crippen LogP contribution in [0, 0.1) is 6.92 Å². The Morgan fingerprint density at radius 1 is 1.05 bits per heavy atom. The highest BCUT2D eigenvalue weighted by Crippen LogP contribution is 2.13. The maximum Gasteiger partial charge on any atom is 0.118 e. The van der Waals surface area contributed by atoms with Crippen molar-refractivity contribution in [3.8, 4) is 5.75 Å². The smallest absolute Gasteiger partial charge is 0.118 e. The summed E-state index contributed by atoms with van der Waals surface area (Å²) in [4.78, 5) is 0. The van der Waals surface area contributed by atoms with Crippen molar-refractivity contribution < 1.29 is 4.74 Å². The molecular weight excluding hydrogens is 258 g/mol.